The number of esters is 1. The maximum Gasteiger partial charge on any atom is 0.309 e. The summed E-state index contributed by atoms with van der Waals surface area (Å²) in [6.07, 6.45) is 3.93. The molecule has 19 heavy (non-hydrogen) atoms. The minimum atomic E-state index is 0.0217. The van der Waals surface area contributed by atoms with Crippen molar-refractivity contribution in [2.75, 3.05) is 45.9 Å². The van der Waals surface area contributed by atoms with E-state index in [2.05, 4.69) is 22.3 Å². The van der Waals surface area contributed by atoms with Gasteiger partial charge < -0.3 is 10.1 Å². The molecule has 0 amide bonds. The molecule has 0 spiro atoms. The standard InChI is InChI=1S/C14H27N3O2/c1-2-3-12-19-14(18)13-4-8-16(9-5-13)17-10-6-15-7-11-17/h13,15H,2-12H2,1H3. The molecule has 2 heterocycles. The van der Waals surface area contributed by atoms with Gasteiger partial charge in [-0.3, -0.25) is 4.79 Å². The van der Waals surface area contributed by atoms with E-state index >= 15 is 0 Å². The quantitative estimate of drug-likeness (QED) is 0.592. The number of hydrogen-bond acceptors (Lipinski definition) is 5. The van der Waals surface area contributed by atoms with Crippen molar-refractivity contribution in [1.82, 2.24) is 15.3 Å². The summed E-state index contributed by atoms with van der Waals surface area (Å²) in [6, 6.07) is 0. The van der Waals surface area contributed by atoms with Crippen LogP contribution in [-0.2, 0) is 9.53 Å². The van der Waals surface area contributed by atoms with Gasteiger partial charge in [0.05, 0.1) is 12.5 Å². The molecule has 0 aromatic carbocycles. The Labute approximate surface area is 116 Å². The van der Waals surface area contributed by atoms with Gasteiger partial charge in [-0.2, -0.15) is 0 Å². The fourth-order valence-corrected chi connectivity index (χ4v) is 2.76. The zero-order valence-corrected chi connectivity index (χ0v) is 12.1. The van der Waals surface area contributed by atoms with Crippen LogP contribution < -0.4 is 5.32 Å². The predicted molar refractivity (Wildman–Crippen MR) is 74.6 cm³/mol. The van der Waals surface area contributed by atoms with E-state index in [9.17, 15) is 4.79 Å². The molecule has 2 aliphatic rings. The van der Waals surface area contributed by atoms with E-state index in [4.69, 9.17) is 4.74 Å². The summed E-state index contributed by atoms with van der Waals surface area (Å²) < 4.78 is 5.32. The zero-order chi connectivity index (χ0) is 13.5. The Hall–Kier alpha value is -0.650. The molecule has 110 valence electrons. The molecule has 2 rings (SSSR count). The second-order valence-corrected chi connectivity index (χ2v) is 5.45. The molecule has 5 heteroatoms. The van der Waals surface area contributed by atoms with Gasteiger partial charge in [0.1, 0.15) is 0 Å². The first kappa shape index (κ1) is 14.8. The molecule has 0 aromatic rings. The van der Waals surface area contributed by atoms with Crippen LogP contribution in [0, 0.1) is 5.92 Å². The van der Waals surface area contributed by atoms with Crippen LogP contribution >= 0.6 is 0 Å². The third kappa shape index (κ3) is 4.44. The molecular weight excluding hydrogens is 242 g/mol. The van der Waals surface area contributed by atoms with E-state index in [1.807, 2.05) is 0 Å². The van der Waals surface area contributed by atoms with Gasteiger partial charge in [-0.05, 0) is 19.3 Å². The summed E-state index contributed by atoms with van der Waals surface area (Å²) in [5.41, 5.74) is 0. The highest BCUT2D eigenvalue weighted by molar-refractivity contribution is 5.72. The van der Waals surface area contributed by atoms with Gasteiger partial charge in [-0.25, -0.2) is 10.0 Å². The Kier molecular flexibility index (Phi) is 6.07. The lowest BCUT2D eigenvalue weighted by Crippen LogP contribution is -2.54. The number of nitrogens with one attached hydrogen (secondary N) is 1. The molecule has 0 aliphatic carbocycles. The lowest BCUT2D eigenvalue weighted by molar-refractivity contribution is -0.152. The number of hydrazine groups is 1. The van der Waals surface area contributed by atoms with Gasteiger partial charge in [0.15, 0.2) is 0 Å². The highest BCUT2D eigenvalue weighted by Crippen LogP contribution is 2.20. The minimum Gasteiger partial charge on any atom is -0.465 e. The molecule has 0 radical (unpaired) electrons. The van der Waals surface area contributed by atoms with Crippen molar-refractivity contribution in [2.45, 2.75) is 32.6 Å². The SMILES string of the molecule is CCCCOC(=O)C1CCN(N2CCNCC2)CC1. The zero-order valence-electron chi connectivity index (χ0n) is 12.1. The number of hydrogen-bond donors (Lipinski definition) is 1. The number of piperazine rings is 1. The van der Waals surface area contributed by atoms with Crippen LogP contribution in [0.1, 0.15) is 32.6 Å². The number of ether oxygens (including phenoxy) is 1. The highest BCUT2D eigenvalue weighted by Gasteiger charge is 2.28. The molecule has 2 fully saturated rings. The fraction of sp³-hybridized carbons (Fsp3) is 0.929. The molecule has 2 saturated heterocycles. The summed E-state index contributed by atoms with van der Waals surface area (Å²) >= 11 is 0. The van der Waals surface area contributed by atoms with Gasteiger partial charge in [0.25, 0.3) is 0 Å². The number of unbranched alkanes of at least 4 members (excludes halogenated alkanes) is 1. The molecule has 0 saturated carbocycles. The van der Waals surface area contributed by atoms with Gasteiger partial charge in [-0.15, -0.1) is 0 Å². The fourth-order valence-electron chi connectivity index (χ4n) is 2.76. The van der Waals surface area contributed by atoms with E-state index in [1.54, 1.807) is 0 Å². The van der Waals surface area contributed by atoms with Gasteiger partial charge in [0.2, 0.25) is 0 Å². The van der Waals surface area contributed by atoms with Gasteiger partial charge in [-0.1, -0.05) is 13.3 Å². The van der Waals surface area contributed by atoms with E-state index in [1.165, 1.54) is 0 Å². The van der Waals surface area contributed by atoms with E-state index in [0.29, 0.717) is 6.61 Å². The molecular formula is C14H27N3O2. The monoisotopic (exact) mass is 269 g/mol. The number of carbonyl (C=O) groups is 1. The Morgan fingerprint density at radius 2 is 1.79 bits per heavy atom. The van der Waals surface area contributed by atoms with Crippen molar-refractivity contribution in [3.63, 3.8) is 0 Å². The van der Waals surface area contributed by atoms with Crippen molar-refractivity contribution in [2.24, 2.45) is 5.92 Å². The number of rotatable bonds is 5. The van der Waals surface area contributed by atoms with Crippen LogP contribution in [0.5, 0.6) is 0 Å². The maximum absolute atomic E-state index is 11.9. The van der Waals surface area contributed by atoms with Crippen molar-refractivity contribution >= 4 is 5.97 Å². The first-order valence-corrected chi connectivity index (χ1v) is 7.68. The second-order valence-electron chi connectivity index (χ2n) is 5.45. The molecule has 2 aliphatic heterocycles. The van der Waals surface area contributed by atoms with E-state index in [-0.39, 0.29) is 11.9 Å². The van der Waals surface area contributed by atoms with E-state index < -0.39 is 0 Å². The highest BCUT2D eigenvalue weighted by atomic mass is 16.5. The Bertz CT molecular complexity index is 272. The third-order valence-electron chi connectivity index (χ3n) is 4.04. The third-order valence-corrected chi connectivity index (χ3v) is 4.04. The minimum absolute atomic E-state index is 0.0217. The summed E-state index contributed by atoms with van der Waals surface area (Å²) in [4.78, 5) is 11.9. The van der Waals surface area contributed by atoms with E-state index in [0.717, 1.165) is 65.0 Å². The molecule has 0 bridgehead atoms. The Morgan fingerprint density at radius 3 is 2.42 bits per heavy atom. The summed E-state index contributed by atoms with van der Waals surface area (Å²) in [6.45, 7) is 9.00. The normalized spacial score (nSPS) is 23.4. The van der Waals surface area contributed by atoms with Crippen molar-refractivity contribution < 1.29 is 9.53 Å². The maximum atomic E-state index is 11.9. The van der Waals surface area contributed by atoms with Crippen LogP contribution in [0.15, 0.2) is 0 Å². The average molecular weight is 269 g/mol. The van der Waals surface area contributed by atoms with Crippen LogP contribution in [0.2, 0.25) is 0 Å². The average Bonchev–Trinajstić information content (AvgIpc) is 2.48. The van der Waals surface area contributed by atoms with Crippen LogP contribution in [0.3, 0.4) is 0 Å². The molecule has 0 aromatic heterocycles. The smallest absolute Gasteiger partial charge is 0.309 e. The van der Waals surface area contributed by atoms with Crippen molar-refractivity contribution in [3.8, 4) is 0 Å². The summed E-state index contributed by atoms with van der Waals surface area (Å²) in [7, 11) is 0. The number of piperidine rings is 1. The second kappa shape index (κ2) is 7.82. The number of carbonyl (C=O) groups excluding carboxylic acids is 1. The lowest BCUT2D eigenvalue weighted by atomic mass is 9.98. The molecule has 1 N–H and O–H groups in total. The Balaban J connectivity index is 1.68. The van der Waals surface area contributed by atoms with Gasteiger partial charge >= 0.3 is 5.97 Å². The number of nitrogens with zero attached hydrogens (tertiary/aromatic N) is 2. The molecule has 0 unspecified atom stereocenters. The van der Waals surface area contributed by atoms with Crippen molar-refractivity contribution in [3.05, 3.63) is 0 Å². The predicted octanol–water partition coefficient (Wildman–Crippen LogP) is 0.862. The lowest BCUT2D eigenvalue weighted by Gasteiger charge is -2.41. The van der Waals surface area contributed by atoms with Crippen LogP contribution in [0.4, 0.5) is 0 Å². The molecule has 5 nitrogen and oxygen atoms in total. The largest absolute Gasteiger partial charge is 0.465 e. The van der Waals surface area contributed by atoms with Gasteiger partial charge in [0, 0.05) is 39.3 Å². The molecule has 0 atom stereocenters. The summed E-state index contributed by atoms with van der Waals surface area (Å²) in [5, 5.41) is 8.21. The van der Waals surface area contributed by atoms with Crippen molar-refractivity contribution in [1.29, 1.82) is 0 Å². The topological polar surface area (TPSA) is 44.8 Å². The Morgan fingerprint density at radius 1 is 1.16 bits per heavy atom. The summed E-state index contributed by atoms with van der Waals surface area (Å²) in [5.74, 6) is 0.143. The van der Waals surface area contributed by atoms with Crippen LogP contribution in [-0.4, -0.2) is 61.9 Å². The first-order chi connectivity index (χ1) is 9.31. The first-order valence-electron chi connectivity index (χ1n) is 7.68. The van der Waals surface area contributed by atoms with Crippen LogP contribution in [0.25, 0.3) is 0 Å².